The van der Waals surface area contributed by atoms with Gasteiger partial charge in [0.1, 0.15) is 0 Å². The molecule has 1 aromatic rings. The lowest BCUT2D eigenvalue weighted by molar-refractivity contribution is -0.385. The second-order valence-electron chi connectivity index (χ2n) is 10.1. The van der Waals surface area contributed by atoms with Crippen LogP contribution >= 0.6 is 0 Å². The van der Waals surface area contributed by atoms with Gasteiger partial charge in [0.2, 0.25) is 0 Å². The van der Waals surface area contributed by atoms with Crippen LogP contribution in [0, 0.1) is 16.0 Å². The molecule has 0 saturated heterocycles. The normalized spacial score (nSPS) is 22.2. The first-order valence-electron chi connectivity index (χ1n) is 10.7. The third-order valence-electron chi connectivity index (χ3n) is 7.18. The number of nitro groups is 1. The minimum Gasteiger partial charge on any atom is -0.490 e. The lowest BCUT2D eigenvalue weighted by atomic mass is 9.86. The standard InChI is InChI=1S/C22H34N2O5Si/c1-22(2,3)30(5,6)29-14-15-7-9-17(10-8-15)23-13-16-11-20(28-4)19(24(26)27)12-18(16)21(23)25/h11-12,15,17H,7-10,13-14H2,1-6H3. The third-order valence-corrected chi connectivity index (χ3v) is 11.7. The van der Waals surface area contributed by atoms with Crippen LogP contribution in [0.25, 0.3) is 0 Å². The average Bonchev–Trinajstić information content (AvgIpc) is 3.00. The largest absolute Gasteiger partial charge is 0.490 e. The molecule has 3 rings (SSSR count). The third kappa shape index (κ3) is 4.39. The zero-order valence-electron chi connectivity index (χ0n) is 19.0. The van der Waals surface area contributed by atoms with Gasteiger partial charge >= 0.3 is 5.69 Å². The Hall–Kier alpha value is -1.93. The predicted molar refractivity (Wildman–Crippen MR) is 118 cm³/mol. The first-order chi connectivity index (χ1) is 13.9. The van der Waals surface area contributed by atoms with E-state index in [0.717, 1.165) is 37.9 Å². The summed E-state index contributed by atoms with van der Waals surface area (Å²) in [6, 6.07) is 3.19. The Kier molecular flexibility index (Phi) is 6.29. The Morgan fingerprint density at radius 3 is 2.37 bits per heavy atom. The molecule has 0 N–H and O–H groups in total. The van der Waals surface area contributed by atoms with Crippen molar-refractivity contribution in [2.45, 2.75) is 77.2 Å². The fourth-order valence-corrected chi connectivity index (χ4v) is 5.20. The molecule has 7 nitrogen and oxygen atoms in total. The van der Waals surface area contributed by atoms with Gasteiger partial charge in [-0.05, 0) is 61.4 Å². The summed E-state index contributed by atoms with van der Waals surface area (Å²) in [5.41, 5.74) is 1.09. The molecule has 0 spiro atoms. The molecule has 0 bridgehead atoms. The molecule has 1 amide bonds. The topological polar surface area (TPSA) is 81.9 Å². The van der Waals surface area contributed by atoms with Crippen LogP contribution in [-0.2, 0) is 11.0 Å². The van der Waals surface area contributed by atoms with Crippen molar-refractivity contribution in [3.8, 4) is 5.75 Å². The number of rotatable bonds is 6. The Morgan fingerprint density at radius 2 is 1.83 bits per heavy atom. The van der Waals surface area contributed by atoms with E-state index in [9.17, 15) is 14.9 Å². The van der Waals surface area contributed by atoms with E-state index in [1.54, 1.807) is 6.07 Å². The summed E-state index contributed by atoms with van der Waals surface area (Å²) in [5.74, 6) is 0.647. The number of hydrogen-bond acceptors (Lipinski definition) is 5. The molecule has 1 heterocycles. The Bertz CT molecular complexity index is 826. The fourth-order valence-electron chi connectivity index (χ4n) is 4.12. The van der Waals surface area contributed by atoms with Crippen molar-refractivity contribution in [2.75, 3.05) is 13.7 Å². The molecule has 0 radical (unpaired) electrons. The molecule has 0 aromatic heterocycles. The molecule has 8 heteroatoms. The fraction of sp³-hybridized carbons (Fsp3) is 0.682. The van der Waals surface area contributed by atoms with Crippen LogP contribution in [0.5, 0.6) is 5.75 Å². The van der Waals surface area contributed by atoms with Gasteiger partial charge in [-0.15, -0.1) is 0 Å². The molecule has 2 aliphatic rings. The van der Waals surface area contributed by atoms with Crippen LogP contribution in [0.2, 0.25) is 18.1 Å². The van der Waals surface area contributed by atoms with Gasteiger partial charge < -0.3 is 14.1 Å². The smallest absolute Gasteiger partial charge is 0.311 e. The van der Waals surface area contributed by atoms with E-state index in [1.807, 2.05) is 4.90 Å². The number of methoxy groups -OCH3 is 1. The second-order valence-corrected chi connectivity index (χ2v) is 14.9. The van der Waals surface area contributed by atoms with Crippen molar-refractivity contribution in [2.24, 2.45) is 5.92 Å². The number of ether oxygens (including phenoxy) is 1. The van der Waals surface area contributed by atoms with Crippen molar-refractivity contribution in [3.63, 3.8) is 0 Å². The summed E-state index contributed by atoms with van der Waals surface area (Å²) in [4.78, 5) is 25.6. The number of nitrogens with zero attached hydrogens (tertiary/aromatic N) is 2. The van der Waals surface area contributed by atoms with Crippen molar-refractivity contribution in [1.82, 2.24) is 4.90 Å². The van der Waals surface area contributed by atoms with Gasteiger partial charge in [-0.25, -0.2) is 0 Å². The van der Waals surface area contributed by atoms with E-state index < -0.39 is 13.2 Å². The highest BCUT2D eigenvalue weighted by molar-refractivity contribution is 6.74. The van der Waals surface area contributed by atoms with E-state index in [4.69, 9.17) is 9.16 Å². The van der Waals surface area contributed by atoms with E-state index >= 15 is 0 Å². The van der Waals surface area contributed by atoms with Crippen LogP contribution < -0.4 is 4.74 Å². The van der Waals surface area contributed by atoms with Crippen molar-refractivity contribution >= 4 is 19.9 Å². The molecule has 1 aliphatic heterocycles. The number of carbonyl (C=O) groups is 1. The van der Waals surface area contributed by atoms with E-state index in [1.165, 1.54) is 13.2 Å². The number of fused-ring (bicyclic) bond motifs is 1. The summed E-state index contributed by atoms with van der Waals surface area (Å²) in [7, 11) is -0.328. The molecule has 0 atom stereocenters. The highest BCUT2D eigenvalue weighted by atomic mass is 28.4. The summed E-state index contributed by atoms with van der Waals surface area (Å²) in [5, 5.41) is 11.5. The zero-order chi connectivity index (χ0) is 22.3. The monoisotopic (exact) mass is 434 g/mol. The number of nitro benzene ring substituents is 1. The molecule has 1 aliphatic carbocycles. The molecule has 0 unspecified atom stereocenters. The van der Waals surface area contributed by atoms with Gasteiger partial charge in [-0.2, -0.15) is 0 Å². The Morgan fingerprint density at radius 1 is 1.20 bits per heavy atom. The second kappa shape index (κ2) is 8.30. The van der Waals surface area contributed by atoms with Gasteiger partial charge in [0.15, 0.2) is 14.1 Å². The molecule has 1 fully saturated rings. The van der Waals surface area contributed by atoms with E-state index in [0.29, 0.717) is 18.0 Å². The van der Waals surface area contributed by atoms with Gasteiger partial charge in [-0.1, -0.05) is 20.8 Å². The van der Waals surface area contributed by atoms with Crippen molar-refractivity contribution in [1.29, 1.82) is 0 Å². The van der Waals surface area contributed by atoms with Crippen LogP contribution in [0.3, 0.4) is 0 Å². The molecule has 1 aromatic carbocycles. The zero-order valence-corrected chi connectivity index (χ0v) is 20.0. The highest BCUT2D eigenvalue weighted by Gasteiger charge is 2.39. The van der Waals surface area contributed by atoms with Crippen molar-refractivity contribution < 1.29 is 18.9 Å². The molecule has 1 saturated carbocycles. The van der Waals surface area contributed by atoms with E-state index in [2.05, 4.69) is 33.9 Å². The molecular weight excluding hydrogens is 400 g/mol. The first-order valence-corrected chi connectivity index (χ1v) is 13.7. The maximum Gasteiger partial charge on any atom is 0.311 e. The lowest BCUT2D eigenvalue weighted by Crippen LogP contribution is -2.43. The molecular formula is C22H34N2O5Si. The van der Waals surface area contributed by atoms with Gasteiger partial charge in [0.25, 0.3) is 5.91 Å². The quantitative estimate of drug-likeness (QED) is 0.352. The summed E-state index contributed by atoms with van der Waals surface area (Å²) >= 11 is 0. The number of amides is 1. The Balaban J connectivity index is 1.61. The summed E-state index contributed by atoms with van der Waals surface area (Å²) in [6.45, 7) is 12.6. The minimum absolute atomic E-state index is 0.100. The van der Waals surface area contributed by atoms with Crippen LogP contribution in [0.4, 0.5) is 5.69 Å². The van der Waals surface area contributed by atoms with Gasteiger partial charge in [0.05, 0.1) is 17.6 Å². The highest BCUT2D eigenvalue weighted by Crippen LogP contribution is 2.40. The predicted octanol–water partition coefficient (Wildman–Crippen LogP) is 5.14. The van der Waals surface area contributed by atoms with Crippen LogP contribution in [0.1, 0.15) is 62.4 Å². The lowest BCUT2D eigenvalue weighted by Gasteiger charge is -2.39. The van der Waals surface area contributed by atoms with Crippen LogP contribution in [0.15, 0.2) is 12.1 Å². The van der Waals surface area contributed by atoms with Gasteiger partial charge in [0, 0.05) is 25.3 Å². The van der Waals surface area contributed by atoms with E-state index in [-0.39, 0.29) is 28.4 Å². The summed E-state index contributed by atoms with van der Waals surface area (Å²) < 4.78 is 11.6. The maximum absolute atomic E-state index is 13.0. The Labute approximate surface area is 180 Å². The number of benzene rings is 1. The van der Waals surface area contributed by atoms with Crippen LogP contribution in [-0.4, -0.2) is 43.8 Å². The minimum atomic E-state index is -1.74. The molecule has 30 heavy (non-hydrogen) atoms. The maximum atomic E-state index is 13.0. The molecule has 166 valence electrons. The van der Waals surface area contributed by atoms with Crippen molar-refractivity contribution in [3.05, 3.63) is 33.4 Å². The SMILES string of the molecule is COc1cc2c(cc1[N+](=O)[O-])C(=O)N(C1CCC(CO[Si](C)(C)C(C)(C)C)CC1)C2. The summed E-state index contributed by atoms with van der Waals surface area (Å²) in [6.07, 6.45) is 3.99. The average molecular weight is 435 g/mol. The number of carbonyl (C=O) groups excluding carboxylic acids is 1. The first kappa shape index (κ1) is 22.7. The van der Waals surface area contributed by atoms with Gasteiger partial charge in [-0.3, -0.25) is 14.9 Å². The number of hydrogen-bond donors (Lipinski definition) is 0.